The maximum atomic E-state index is 10.0. The first-order valence-electron chi connectivity index (χ1n) is 44.9. The minimum atomic E-state index is -1.28. The van der Waals surface area contributed by atoms with E-state index in [0.29, 0.717) is 0 Å². The zero-order chi connectivity index (χ0) is 97.8. The predicted molar refractivity (Wildman–Crippen MR) is 568 cm³/mol. The summed E-state index contributed by atoms with van der Waals surface area (Å²) in [5, 5.41) is 33.9. The van der Waals surface area contributed by atoms with E-state index in [1.165, 1.54) is 131 Å². The molecule has 12 nitrogen and oxygen atoms in total. The van der Waals surface area contributed by atoms with E-state index in [2.05, 4.69) is 297 Å². The Kier molecular flexibility index (Phi) is 50.5. The number of aliphatic hydroxyl groups is 3. The van der Waals surface area contributed by atoms with Crippen molar-refractivity contribution in [3.05, 3.63) is 462 Å². The molecule has 0 bridgehead atoms. The molecule has 0 aliphatic heterocycles. The van der Waals surface area contributed by atoms with Crippen molar-refractivity contribution in [2.75, 3.05) is 0 Å². The Morgan fingerprint density at radius 2 is 0.837 bits per heavy atom. The summed E-state index contributed by atoms with van der Waals surface area (Å²) in [5.41, 5.74) is 29.6. The molecule has 0 unspecified atom stereocenters. The molecular weight excluding hydrogens is 2650 g/mol. The Morgan fingerprint density at radius 3 is 1.38 bits per heavy atom. The van der Waals surface area contributed by atoms with E-state index >= 15 is 0 Å². The third-order valence-corrected chi connectivity index (χ3v) is 22.7. The molecule has 141 heavy (non-hydrogen) atoms. The van der Waals surface area contributed by atoms with E-state index in [-0.39, 0.29) is 136 Å². The van der Waals surface area contributed by atoms with Crippen molar-refractivity contribution in [3.63, 3.8) is 0 Å². The molecule has 3 N–H and O–H groups in total. The number of pyridine rings is 5. The second-order valence-electron chi connectivity index (χ2n) is 34.1. The third-order valence-electron chi connectivity index (χ3n) is 20.7. The molecule has 18 heteroatoms. The number of ketones is 3. The first-order chi connectivity index (χ1) is 65.2. The SMILES string of the molecule is CC(=O)C=C(C)O.CC(=O)C=C(C)O.CC(=O)C=C(C)O.Cc1[c-]c(-c2cc(C)c3ccc(C)cc3n2)cc(C)c1.Cc1[c-]c(-c2ccc3cc([Si](C)(C)C)ccc3n2)cc(C)c1.Cc1[c-]c(-c2ncc3ccccc3c2C)cc(C)c1.[Ir].[Ir].[Ir].[Ir].[Pt+2].[c-]1c(C=Nc2ccccc2-c2[c-]cccc2)cccc1-c1ccccc1.[c-]1ccccc1-c1cc2ccccc2cn1.[c-]1ccccc1-c1ccccn1. The zero-order valence-corrected chi connectivity index (χ0v) is 95.2. The van der Waals surface area contributed by atoms with Crippen LogP contribution in [-0.2, 0) is 116 Å². The van der Waals surface area contributed by atoms with Crippen LogP contribution in [0.25, 0.3) is 122 Å². The van der Waals surface area contributed by atoms with Gasteiger partial charge in [-0.1, -0.05) is 241 Å². The van der Waals surface area contributed by atoms with Crippen LogP contribution in [0.3, 0.4) is 0 Å². The molecule has 5 aromatic heterocycles. The van der Waals surface area contributed by atoms with Crippen molar-refractivity contribution >= 4 is 85.9 Å². The normalized spacial score (nSPS) is 10.6. The number of aliphatic imine (C=N–C) groups is 1. The maximum absolute atomic E-state index is 10.0. The fraction of sp³-hybridized carbons (Fsp3) is 0.146. The van der Waals surface area contributed by atoms with Gasteiger partial charge in [0.15, 0.2) is 17.3 Å². The molecule has 0 fully saturated rings. The summed E-state index contributed by atoms with van der Waals surface area (Å²) in [6, 6.07) is 129. The molecule has 728 valence electrons. The number of benzene rings is 13. The summed E-state index contributed by atoms with van der Waals surface area (Å²) in [5.74, 6) is -0.187. The largest absolute Gasteiger partial charge is 2.00 e. The first-order valence-corrected chi connectivity index (χ1v) is 48.4. The Morgan fingerprint density at radius 1 is 0.348 bits per heavy atom. The van der Waals surface area contributed by atoms with E-state index in [4.69, 9.17) is 30.3 Å². The summed E-state index contributed by atoms with van der Waals surface area (Å²) in [6.45, 7) is 34.6. The number of carbonyl (C=O) groups is 3. The van der Waals surface area contributed by atoms with Gasteiger partial charge in [-0.25, -0.2) is 0 Å². The van der Waals surface area contributed by atoms with E-state index in [9.17, 15) is 14.4 Å². The number of para-hydroxylation sites is 1. The molecule has 18 rings (SSSR count). The molecule has 0 aliphatic rings. The predicted octanol–water partition coefficient (Wildman–Crippen LogP) is 30.1. The number of rotatable bonds is 13. The number of aromatic nitrogens is 5. The molecule has 13 aromatic carbocycles. The van der Waals surface area contributed by atoms with E-state index in [1.807, 2.05) is 170 Å². The Hall–Kier alpha value is -12.5. The molecular formula is C123H115Ir4N6O6PtSi-5. The van der Waals surface area contributed by atoms with E-state index in [1.54, 1.807) is 6.20 Å². The molecule has 0 saturated carbocycles. The number of allylic oxidation sites excluding steroid dienone is 6. The van der Waals surface area contributed by atoms with Gasteiger partial charge in [0, 0.05) is 128 Å². The van der Waals surface area contributed by atoms with Gasteiger partial charge in [-0.15, -0.1) is 248 Å². The summed E-state index contributed by atoms with van der Waals surface area (Å²) < 4.78 is 0. The molecule has 5 heterocycles. The smallest absolute Gasteiger partial charge is 0.512 e. The molecule has 0 atom stereocenters. The second kappa shape index (κ2) is 59.9. The van der Waals surface area contributed by atoms with Gasteiger partial charge in [0.25, 0.3) is 0 Å². The van der Waals surface area contributed by atoms with Gasteiger partial charge in [-0.05, 0) is 159 Å². The van der Waals surface area contributed by atoms with Crippen molar-refractivity contribution < 1.29 is 131 Å². The maximum Gasteiger partial charge on any atom is 2.00 e. The van der Waals surface area contributed by atoms with Crippen LogP contribution in [0.5, 0.6) is 0 Å². The van der Waals surface area contributed by atoms with Crippen molar-refractivity contribution in [1.29, 1.82) is 0 Å². The number of aryl methyl sites for hydroxylation is 9. The number of fused-ring (bicyclic) bond motifs is 4. The van der Waals surface area contributed by atoms with Crippen LogP contribution >= 0.6 is 0 Å². The molecule has 0 spiro atoms. The third kappa shape index (κ3) is 39.1. The molecule has 0 saturated heterocycles. The number of carbonyl (C=O) groups excluding carboxylic acids is 3. The second-order valence-corrected chi connectivity index (χ2v) is 39.2. The van der Waals surface area contributed by atoms with Gasteiger partial charge in [0.1, 0.15) is 0 Å². The average Bonchev–Trinajstić information content (AvgIpc) is 0.787. The summed E-state index contributed by atoms with van der Waals surface area (Å²) in [6.07, 6.45) is 11.0. The Balaban J connectivity index is 0.000000287. The topological polar surface area (TPSA) is 189 Å². The number of aliphatic hydroxyl groups excluding tert-OH is 3. The van der Waals surface area contributed by atoms with Crippen LogP contribution in [0.1, 0.15) is 97.2 Å². The van der Waals surface area contributed by atoms with Crippen LogP contribution in [0.4, 0.5) is 5.69 Å². The van der Waals surface area contributed by atoms with E-state index in [0.717, 1.165) is 118 Å². The molecule has 0 amide bonds. The van der Waals surface area contributed by atoms with Crippen molar-refractivity contribution in [2.45, 2.75) is 123 Å². The average molecular weight is 2770 g/mol. The fourth-order valence-corrected chi connectivity index (χ4v) is 15.8. The zero-order valence-electron chi connectivity index (χ0n) is 82.4. The van der Waals surface area contributed by atoms with Crippen LogP contribution in [-0.4, -0.2) is 71.9 Å². The van der Waals surface area contributed by atoms with Crippen molar-refractivity contribution in [2.24, 2.45) is 4.99 Å². The molecule has 4 radical (unpaired) electrons. The molecule has 18 aromatic rings. The van der Waals surface area contributed by atoms with Crippen molar-refractivity contribution in [3.8, 4) is 78.5 Å². The van der Waals surface area contributed by atoms with Gasteiger partial charge >= 0.3 is 21.1 Å². The van der Waals surface area contributed by atoms with Gasteiger partial charge in [-0.2, -0.15) is 0 Å². The standard InChI is InChI=1S/C25H17N.C20H22NSi.C19H18N.C18H16N.C15H10N.C11H8N.3C5H8O2.4Ir.Pt/c1-3-11-21(12-4-1)23-15-9-10-20(18-23)19-26-25-17-8-7-16-24(25)22-13-5-2-6-14-22;1-14-10-15(2)12-17(11-14)20-8-6-16-13-18(22(3,4)5)7-9-19(16)21-20;1-12-5-6-17-15(4)11-18(20-19(17)10-12)16-8-13(2)7-14(3)9-16;1-12-8-13(2)10-16(9-12)18-14(3)17-7-5-4-6-15(17)11-19-18;1-2-6-12(7-3-1)15-10-13-8-4-5-9-14(13)11-16-15;1-2-6-10(7-3-1)11-8-4-5-9-12-11;3*1-4(6)3-5(2)7;;;;;/h1-13,15-17,19H;6-11,13H,1-5H3;5-8,10-11H,1-4H3;4-9,11H,1-3H3;1-6,8-11H;1-6,8-9H;3*3,6H,1-2H3;;;;;/q-2;5*-1;;;;;;;;+2. The Bertz CT molecular complexity index is 7070. The number of hydrogen-bond acceptors (Lipinski definition) is 12. The quantitative estimate of drug-likeness (QED) is 0.0328. The fourth-order valence-electron chi connectivity index (χ4n) is 14.7. The van der Waals surface area contributed by atoms with Gasteiger partial charge < -0.3 is 35.3 Å². The van der Waals surface area contributed by atoms with Crippen LogP contribution in [0, 0.1) is 105 Å². The number of nitrogens with zero attached hydrogens (tertiary/aromatic N) is 6. The minimum absolute atomic E-state index is 0. The van der Waals surface area contributed by atoms with Gasteiger partial charge in [0.05, 0.1) is 36.4 Å². The summed E-state index contributed by atoms with van der Waals surface area (Å²) in [4.78, 5) is 57.7. The van der Waals surface area contributed by atoms with Crippen LogP contribution in [0.15, 0.2) is 368 Å². The monoisotopic (exact) mass is 2770 g/mol. The van der Waals surface area contributed by atoms with Gasteiger partial charge in [-0.3, -0.25) is 24.4 Å². The van der Waals surface area contributed by atoms with Crippen LogP contribution in [0.2, 0.25) is 19.6 Å². The van der Waals surface area contributed by atoms with Crippen LogP contribution < -0.4 is 5.19 Å². The van der Waals surface area contributed by atoms with Gasteiger partial charge in [0.2, 0.25) is 0 Å². The summed E-state index contributed by atoms with van der Waals surface area (Å²) >= 11 is 0. The Labute approximate surface area is 902 Å². The van der Waals surface area contributed by atoms with Crippen molar-refractivity contribution in [1.82, 2.24) is 24.9 Å². The van der Waals surface area contributed by atoms with E-state index < -0.39 is 8.07 Å². The summed E-state index contributed by atoms with van der Waals surface area (Å²) in [7, 11) is -1.28. The minimum Gasteiger partial charge on any atom is -0.512 e. The number of hydrogen-bond donors (Lipinski definition) is 3. The molecule has 0 aliphatic carbocycles. The first kappa shape index (κ1) is 119.